The minimum absolute atomic E-state index is 0.249. The number of halogens is 1. The molecule has 2 heterocycles. The molecule has 1 aromatic carbocycles. The first-order valence-corrected chi connectivity index (χ1v) is 8.23. The monoisotopic (exact) mass is 345 g/mol. The van der Waals surface area contributed by atoms with E-state index in [0.717, 1.165) is 5.01 Å². The summed E-state index contributed by atoms with van der Waals surface area (Å²) < 4.78 is 15.3. The number of benzene rings is 1. The number of anilines is 1. The molecule has 3 rings (SSSR count). The predicted octanol–water partition coefficient (Wildman–Crippen LogP) is 3.55. The van der Waals surface area contributed by atoms with Gasteiger partial charge in [-0.25, -0.2) is 9.07 Å². The largest absolute Gasteiger partial charge is 0.296 e. The first kappa shape index (κ1) is 16.3. The Morgan fingerprint density at radius 2 is 2.04 bits per heavy atom. The fraction of sp³-hybridized carbons (Fsp3) is 0.250. The second kappa shape index (κ2) is 6.48. The Bertz CT molecular complexity index is 886. The van der Waals surface area contributed by atoms with E-state index in [1.165, 1.54) is 28.3 Å². The van der Waals surface area contributed by atoms with Gasteiger partial charge in [0.25, 0.3) is 5.91 Å². The zero-order valence-electron chi connectivity index (χ0n) is 13.4. The highest BCUT2D eigenvalue weighted by Crippen LogP contribution is 2.23. The van der Waals surface area contributed by atoms with E-state index in [4.69, 9.17) is 0 Å². The molecule has 2 aromatic heterocycles. The van der Waals surface area contributed by atoms with Crippen molar-refractivity contribution in [3.8, 4) is 5.69 Å². The van der Waals surface area contributed by atoms with Crippen LogP contribution < -0.4 is 5.32 Å². The molecule has 0 aliphatic heterocycles. The average Bonchev–Trinajstić information content (AvgIpc) is 3.15. The first-order valence-electron chi connectivity index (χ1n) is 7.41. The van der Waals surface area contributed by atoms with Gasteiger partial charge in [0.2, 0.25) is 5.13 Å². The molecule has 8 heteroatoms. The van der Waals surface area contributed by atoms with Gasteiger partial charge in [-0.2, -0.15) is 5.10 Å². The quantitative estimate of drug-likeness (QED) is 0.785. The number of nitrogens with zero attached hydrogens (tertiary/aromatic N) is 4. The summed E-state index contributed by atoms with van der Waals surface area (Å²) in [5, 5.41) is 16.1. The number of amides is 1. The molecule has 3 aromatic rings. The van der Waals surface area contributed by atoms with E-state index in [0.29, 0.717) is 22.1 Å². The molecule has 0 saturated heterocycles. The summed E-state index contributed by atoms with van der Waals surface area (Å²) >= 11 is 1.33. The average molecular weight is 345 g/mol. The van der Waals surface area contributed by atoms with Crippen LogP contribution in [0.25, 0.3) is 5.69 Å². The van der Waals surface area contributed by atoms with Crippen molar-refractivity contribution in [2.45, 2.75) is 26.7 Å². The van der Waals surface area contributed by atoms with Crippen molar-refractivity contribution in [1.82, 2.24) is 20.0 Å². The third-order valence-corrected chi connectivity index (χ3v) is 4.63. The number of hydrogen-bond donors (Lipinski definition) is 1. The third kappa shape index (κ3) is 3.05. The summed E-state index contributed by atoms with van der Waals surface area (Å²) in [5.41, 5.74) is 1.21. The molecule has 0 aliphatic carbocycles. The summed E-state index contributed by atoms with van der Waals surface area (Å²) in [7, 11) is 0. The van der Waals surface area contributed by atoms with Crippen molar-refractivity contribution in [3.05, 3.63) is 52.5 Å². The van der Waals surface area contributed by atoms with E-state index >= 15 is 0 Å². The molecule has 0 unspecified atom stereocenters. The van der Waals surface area contributed by atoms with Gasteiger partial charge in [-0.1, -0.05) is 37.3 Å². The second-order valence-corrected chi connectivity index (χ2v) is 6.57. The van der Waals surface area contributed by atoms with E-state index in [2.05, 4.69) is 20.6 Å². The van der Waals surface area contributed by atoms with Crippen LogP contribution in [-0.2, 0) is 0 Å². The lowest BCUT2D eigenvalue weighted by Crippen LogP contribution is -2.13. The fourth-order valence-electron chi connectivity index (χ4n) is 2.18. The molecule has 0 saturated carbocycles. The van der Waals surface area contributed by atoms with Gasteiger partial charge in [0.15, 0.2) is 0 Å². The Balaban J connectivity index is 1.85. The van der Waals surface area contributed by atoms with Crippen molar-refractivity contribution in [1.29, 1.82) is 0 Å². The smallest absolute Gasteiger partial charge is 0.260 e. The molecule has 1 amide bonds. The maximum absolute atomic E-state index is 13.9. The number of hydrogen-bond acceptors (Lipinski definition) is 5. The van der Waals surface area contributed by atoms with Crippen molar-refractivity contribution in [2.24, 2.45) is 0 Å². The van der Waals surface area contributed by atoms with Gasteiger partial charge in [0.1, 0.15) is 16.5 Å². The summed E-state index contributed by atoms with van der Waals surface area (Å²) in [4.78, 5) is 12.4. The van der Waals surface area contributed by atoms with Gasteiger partial charge < -0.3 is 0 Å². The summed E-state index contributed by atoms with van der Waals surface area (Å²) in [6.45, 7) is 5.73. The lowest BCUT2D eigenvalue weighted by molar-refractivity contribution is 0.102. The van der Waals surface area contributed by atoms with Crippen LogP contribution in [0.1, 0.15) is 40.8 Å². The number of nitrogens with one attached hydrogen (secondary N) is 1. The second-order valence-electron chi connectivity index (χ2n) is 5.56. The number of carbonyl (C=O) groups excluding carboxylic acids is 1. The molecule has 0 radical (unpaired) electrons. The molecule has 124 valence electrons. The number of para-hydroxylation sites is 1. The van der Waals surface area contributed by atoms with Gasteiger partial charge in [-0.05, 0) is 19.1 Å². The number of rotatable bonds is 4. The zero-order valence-corrected chi connectivity index (χ0v) is 14.3. The molecule has 0 fully saturated rings. The van der Waals surface area contributed by atoms with Gasteiger partial charge >= 0.3 is 0 Å². The lowest BCUT2D eigenvalue weighted by Gasteiger charge is -2.06. The zero-order chi connectivity index (χ0) is 17.3. The van der Waals surface area contributed by atoms with Gasteiger partial charge in [-0.3, -0.25) is 10.1 Å². The maximum Gasteiger partial charge on any atom is 0.260 e. The predicted molar refractivity (Wildman–Crippen MR) is 90.2 cm³/mol. The highest BCUT2D eigenvalue weighted by molar-refractivity contribution is 7.15. The van der Waals surface area contributed by atoms with Gasteiger partial charge in [0, 0.05) is 5.92 Å². The SMILES string of the molecule is Cc1c(C(=O)Nc2nnc(C(C)C)s2)cnn1-c1ccccc1F. The minimum Gasteiger partial charge on any atom is -0.296 e. The van der Waals surface area contributed by atoms with Crippen LogP contribution in [0.5, 0.6) is 0 Å². The molecule has 0 spiro atoms. The van der Waals surface area contributed by atoms with Crippen LogP contribution in [-0.4, -0.2) is 25.9 Å². The number of carbonyl (C=O) groups is 1. The highest BCUT2D eigenvalue weighted by Gasteiger charge is 2.18. The van der Waals surface area contributed by atoms with E-state index in [1.807, 2.05) is 13.8 Å². The fourth-order valence-corrected chi connectivity index (χ4v) is 2.92. The standard InChI is InChI=1S/C16H16FN5OS/c1-9(2)15-20-21-16(24-15)19-14(23)11-8-18-22(10(11)3)13-7-5-4-6-12(13)17/h4-9H,1-3H3,(H,19,21,23). The molecular weight excluding hydrogens is 329 g/mol. The van der Waals surface area contributed by atoms with Crippen LogP contribution in [0.2, 0.25) is 0 Å². The third-order valence-electron chi connectivity index (χ3n) is 3.49. The van der Waals surface area contributed by atoms with Crippen molar-refractivity contribution in [3.63, 3.8) is 0 Å². The highest BCUT2D eigenvalue weighted by atomic mass is 32.1. The summed E-state index contributed by atoms with van der Waals surface area (Å²) in [6, 6.07) is 6.28. The van der Waals surface area contributed by atoms with Crippen molar-refractivity contribution < 1.29 is 9.18 Å². The Kier molecular flexibility index (Phi) is 4.39. The van der Waals surface area contributed by atoms with Crippen LogP contribution in [0.15, 0.2) is 30.5 Å². The summed E-state index contributed by atoms with van der Waals surface area (Å²) in [5.74, 6) is -0.499. The molecular formula is C16H16FN5OS. The topological polar surface area (TPSA) is 72.7 Å². The van der Waals surface area contributed by atoms with Crippen LogP contribution >= 0.6 is 11.3 Å². The Labute approximate surface area is 142 Å². The molecule has 0 bridgehead atoms. The van der Waals surface area contributed by atoms with E-state index in [-0.39, 0.29) is 11.8 Å². The maximum atomic E-state index is 13.9. The van der Waals surface area contributed by atoms with Crippen molar-refractivity contribution >= 4 is 22.4 Å². The molecule has 1 N–H and O–H groups in total. The normalized spacial score (nSPS) is 11.0. The van der Waals surface area contributed by atoms with Crippen LogP contribution in [0, 0.1) is 12.7 Å². The summed E-state index contributed by atoms with van der Waals surface area (Å²) in [6.07, 6.45) is 1.42. The molecule has 0 aliphatic rings. The van der Waals surface area contributed by atoms with E-state index in [1.54, 1.807) is 25.1 Å². The van der Waals surface area contributed by atoms with Crippen LogP contribution in [0.4, 0.5) is 9.52 Å². The molecule has 24 heavy (non-hydrogen) atoms. The minimum atomic E-state index is -0.402. The Morgan fingerprint density at radius 3 is 2.71 bits per heavy atom. The van der Waals surface area contributed by atoms with Crippen LogP contribution in [0.3, 0.4) is 0 Å². The van der Waals surface area contributed by atoms with Gasteiger partial charge in [0.05, 0.1) is 17.5 Å². The Hall–Kier alpha value is -2.61. The van der Waals surface area contributed by atoms with E-state index in [9.17, 15) is 9.18 Å². The molecule has 0 atom stereocenters. The van der Waals surface area contributed by atoms with E-state index < -0.39 is 5.82 Å². The van der Waals surface area contributed by atoms with Crippen molar-refractivity contribution in [2.75, 3.05) is 5.32 Å². The lowest BCUT2D eigenvalue weighted by atomic mass is 10.2. The number of aromatic nitrogens is 4. The van der Waals surface area contributed by atoms with Gasteiger partial charge in [-0.15, -0.1) is 10.2 Å². The Morgan fingerprint density at radius 1 is 1.29 bits per heavy atom. The first-order chi connectivity index (χ1) is 11.5. The molecule has 6 nitrogen and oxygen atoms in total.